The number of hydrogen-bond donors (Lipinski definition) is 0. The minimum Gasteiger partial charge on any atom is -0.320 e. The molecule has 0 bridgehead atoms. The van der Waals surface area contributed by atoms with E-state index < -0.39 is 16.5 Å². The predicted octanol–water partition coefficient (Wildman–Crippen LogP) is 4.08. The lowest BCUT2D eigenvalue weighted by molar-refractivity contribution is 0.281. The fourth-order valence-corrected chi connectivity index (χ4v) is 7.59. The van der Waals surface area contributed by atoms with Crippen molar-refractivity contribution in [1.29, 1.82) is 0 Å². The molecule has 0 fully saturated rings. The van der Waals surface area contributed by atoms with E-state index in [2.05, 4.69) is 76.1 Å². The van der Waals surface area contributed by atoms with Gasteiger partial charge >= 0.3 is 0 Å². The van der Waals surface area contributed by atoms with Crippen LogP contribution in [0.25, 0.3) is 0 Å². The molecule has 0 rings (SSSR count). The summed E-state index contributed by atoms with van der Waals surface area (Å²) in [5.74, 6) is 0. The summed E-state index contributed by atoms with van der Waals surface area (Å²) in [6, 6.07) is 1.35. The van der Waals surface area contributed by atoms with Gasteiger partial charge in [-0.3, -0.25) is 0 Å². The highest BCUT2D eigenvalue weighted by molar-refractivity contribution is 6.74. The standard InChI is InChI=1S/C14H36N2Si2/c1-13(2)15(17(5,6)7)11-12-16(14(3)4)18(8,9)10/h13-14H,11-12H2,1-10H3. The highest BCUT2D eigenvalue weighted by Gasteiger charge is 2.30. The van der Waals surface area contributed by atoms with Crippen molar-refractivity contribution in [3.63, 3.8) is 0 Å². The molecule has 0 saturated heterocycles. The fourth-order valence-electron chi connectivity index (χ4n) is 2.95. The Morgan fingerprint density at radius 2 is 0.833 bits per heavy atom. The van der Waals surface area contributed by atoms with Crippen molar-refractivity contribution in [2.24, 2.45) is 0 Å². The summed E-state index contributed by atoms with van der Waals surface area (Å²) < 4.78 is 5.50. The second-order valence-electron chi connectivity index (χ2n) is 7.92. The van der Waals surface area contributed by atoms with Gasteiger partial charge in [0.1, 0.15) is 16.5 Å². The van der Waals surface area contributed by atoms with Crippen molar-refractivity contribution < 1.29 is 0 Å². The molecule has 0 spiro atoms. The minimum atomic E-state index is -1.19. The molecule has 0 N–H and O–H groups in total. The molecule has 0 unspecified atom stereocenters. The quantitative estimate of drug-likeness (QED) is 0.651. The van der Waals surface area contributed by atoms with Gasteiger partial charge in [-0.15, -0.1) is 0 Å². The van der Waals surface area contributed by atoms with Crippen LogP contribution >= 0.6 is 0 Å². The highest BCUT2D eigenvalue weighted by Crippen LogP contribution is 2.17. The van der Waals surface area contributed by atoms with Gasteiger partial charge < -0.3 is 9.13 Å². The molecule has 0 saturated carbocycles. The van der Waals surface area contributed by atoms with Gasteiger partial charge in [-0.05, 0) is 12.1 Å². The average Bonchev–Trinajstić information content (AvgIpc) is 2.05. The molecule has 0 aliphatic carbocycles. The molecular weight excluding hydrogens is 252 g/mol. The smallest absolute Gasteiger partial charge is 0.119 e. The maximum absolute atomic E-state index is 2.75. The Balaban J connectivity index is 4.69. The zero-order valence-corrected chi connectivity index (χ0v) is 16.5. The van der Waals surface area contributed by atoms with Crippen molar-refractivity contribution in [2.45, 2.75) is 79.1 Å². The summed E-state index contributed by atoms with van der Waals surface area (Å²) in [6.07, 6.45) is 0. The van der Waals surface area contributed by atoms with E-state index in [1.165, 1.54) is 13.1 Å². The van der Waals surface area contributed by atoms with Crippen molar-refractivity contribution in [1.82, 2.24) is 9.13 Å². The van der Waals surface area contributed by atoms with E-state index in [9.17, 15) is 0 Å². The maximum atomic E-state index is 2.75. The van der Waals surface area contributed by atoms with Gasteiger partial charge in [-0.25, -0.2) is 0 Å². The van der Waals surface area contributed by atoms with Crippen LogP contribution < -0.4 is 0 Å². The van der Waals surface area contributed by atoms with Gasteiger partial charge in [0.15, 0.2) is 0 Å². The van der Waals surface area contributed by atoms with Gasteiger partial charge in [-0.1, -0.05) is 67.0 Å². The maximum Gasteiger partial charge on any atom is 0.119 e. The highest BCUT2D eigenvalue weighted by atomic mass is 28.3. The van der Waals surface area contributed by atoms with Crippen molar-refractivity contribution >= 4 is 16.5 Å². The zero-order valence-electron chi connectivity index (χ0n) is 14.5. The lowest BCUT2D eigenvalue weighted by atomic mass is 10.3. The largest absolute Gasteiger partial charge is 0.320 e. The molecule has 110 valence electrons. The Labute approximate surface area is 118 Å². The second-order valence-corrected chi connectivity index (χ2v) is 17.7. The van der Waals surface area contributed by atoms with Gasteiger partial charge in [0, 0.05) is 13.1 Å². The Kier molecular flexibility index (Phi) is 6.81. The Bertz CT molecular complexity index is 213. The first-order chi connectivity index (χ1) is 7.87. The van der Waals surface area contributed by atoms with Crippen LogP contribution in [0, 0.1) is 0 Å². The summed E-state index contributed by atoms with van der Waals surface area (Å²) >= 11 is 0. The summed E-state index contributed by atoms with van der Waals surface area (Å²) in [7, 11) is -2.38. The van der Waals surface area contributed by atoms with E-state index >= 15 is 0 Å². The molecule has 0 aromatic heterocycles. The SMILES string of the molecule is CC(C)N(CCN(C(C)C)[Si](C)(C)C)[Si](C)(C)C. The molecule has 0 atom stereocenters. The van der Waals surface area contributed by atoms with Crippen LogP contribution in [0.4, 0.5) is 0 Å². The Morgan fingerprint density at radius 1 is 0.611 bits per heavy atom. The molecule has 0 aromatic rings. The van der Waals surface area contributed by atoms with Gasteiger partial charge in [-0.2, -0.15) is 0 Å². The summed E-state index contributed by atoms with van der Waals surface area (Å²) in [4.78, 5) is 0. The number of nitrogens with zero attached hydrogens (tertiary/aromatic N) is 2. The molecule has 2 nitrogen and oxygen atoms in total. The molecule has 0 heterocycles. The van der Waals surface area contributed by atoms with Crippen LogP contribution in [0.5, 0.6) is 0 Å². The third kappa shape index (κ3) is 6.00. The first kappa shape index (κ1) is 18.4. The zero-order chi connectivity index (χ0) is 14.7. The summed E-state index contributed by atoms with van der Waals surface area (Å²) in [5, 5.41) is 0. The summed E-state index contributed by atoms with van der Waals surface area (Å²) in [5.41, 5.74) is 0. The van der Waals surface area contributed by atoms with Gasteiger partial charge in [0.05, 0.1) is 0 Å². The predicted molar refractivity (Wildman–Crippen MR) is 90.4 cm³/mol. The van der Waals surface area contributed by atoms with Gasteiger partial charge in [0.2, 0.25) is 0 Å². The third-order valence-electron chi connectivity index (χ3n) is 3.55. The molecule has 4 heteroatoms. The molecule has 0 amide bonds. The van der Waals surface area contributed by atoms with E-state index in [-0.39, 0.29) is 0 Å². The fraction of sp³-hybridized carbons (Fsp3) is 1.00. The lowest BCUT2D eigenvalue weighted by Gasteiger charge is -2.43. The van der Waals surface area contributed by atoms with Crippen LogP contribution in [0.1, 0.15) is 27.7 Å². The number of rotatable bonds is 7. The van der Waals surface area contributed by atoms with E-state index in [0.717, 1.165) is 0 Å². The normalized spacial score (nSPS) is 14.3. The van der Waals surface area contributed by atoms with Crippen LogP contribution in [-0.4, -0.2) is 50.8 Å². The van der Waals surface area contributed by atoms with Crippen LogP contribution in [0.2, 0.25) is 39.3 Å². The molecular formula is C14H36N2Si2. The van der Waals surface area contributed by atoms with Crippen molar-refractivity contribution in [3.8, 4) is 0 Å². The van der Waals surface area contributed by atoms with Crippen molar-refractivity contribution in [3.05, 3.63) is 0 Å². The molecule has 0 aromatic carbocycles. The van der Waals surface area contributed by atoms with Crippen LogP contribution in [0.15, 0.2) is 0 Å². The first-order valence-corrected chi connectivity index (χ1v) is 14.3. The van der Waals surface area contributed by atoms with Crippen LogP contribution in [0.3, 0.4) is 0 Å². The van der Waals surface area contributed by atoms with E-state index in [1.54, 1.807) is 0 Å². The average molecular weight is 289 g/mol. The van der Waals surface area contributed by atoms with Crippen LogP contribution in [-0.2, 0) is 0 Å². The summed E-state index contributed by atoms with van der Waals surface area (Å²) in [6.45, 7) is 26.6. The third-order valence-corrected chi connectivity index (χ3v) is 8.48. The first-order valence-electron chi connectivity index (χ1n) is 7.41. The van der Waals surface area contributed by atoms with E-state index in [0.29, 0.717) is 12.1 Å². The molecule has 0 aliphatic rings. The molecule has 0 aliphatic heterocycles. The topological polar surface area (TPSA) is 6.48 Å². The monoisotopic (exact) mass is 288 g/mol. The van der Waals surface area contributed by atoms with Gasteiger partial charge in [0.25, 0.3) is 0 Å². The van der Waals surface area contributed by atoms with E-state index in [4.69, 9.17) is 0 Å². The Morgan fingerprint density at radius 3 is 0.944 bits per heavy atom. The second kappa shape index (κ2) is 6.68. The Hall–Kier alpha value is 0.354. The minimum absolute atomic E-state index is 0.673. The molecule has 18 heavy (non-hydrogen) atoms. The molecule has 0 radical (unpaired) electrons. The number of hydrogen-bond acceptors (Lipinski definition) is 2. The lowest BCUT2D eigenvalue weighted by Crippen LogP contribution is -2.57. The van der Waals surface area contributed by atoms with Crippen molar-refractivity contribution in [2.75, 3.05) is 13.1 Å². The van der Waals surface area contributed by atoms with E-state index in [1.807, 2.05) is 0 Å².